The van der Waals surface area contributed by atoms with Crippen LogP contribution in [0.5, 0.6) is 0 Å². The summed E-state index contributed by atoms with van der Waals surface area (Å²) >= 11 is 11.9. The maximum atomic E-state index is 11.9. The third-order valence-corrected chi connectivity index (χ3v) is 4.03. The molecule has 0 unspecified atom stereocenters. The number of aromatic nitrogens is 1. The van der Waals surface area contributed by atoms with E-state index in [0.717, 1.165) is 16.5 Å². The fraction of sp³-hybridized carbons (Fsp3) is 0.0526. The highest BCUT2D eigenvalue weighted by molar-refractivity contribution is 6.35. The van der Waals surface area contributed by atoms with Crippen molar-refractivity contribution in [1.82, 2.24) is 4.98 Å². The maximum Gasteiger partial charge on any atom is 0.331 e. The van der Waals surface area contributed by atoms with Crippen molar-refractivity contribution in [3.8, 4) is 0 Å². The lowest BCUT2D eigenvalue weighted by Crippen LogP contribution is -2.01. The van der Waals surface area contributed by atoms with Crippen LogP contribution in [0.3, 0.4) is 0 Å². The first kappa shape index (κ1) is 16.5. The van der Waals surface area contributed by atoms with E-state index in [0.29, 0.717) is 15.6 Å². The summed E-state index contributed by atoms with van der Waals surface area (Å²) in [6, 6.07) is 14.7. The Morgan fingerprint density at radius 1 is 1.12 bits per heavy atom. The highest BCUT2D eigenvalue weighted by Gasteiger charge is 2.05. The van der Waals surface area contributed by atoms with E-state index in [1.807, 2.05) is 30.3 Å². The topological polar surface area (TPSA) is 39.2 Å². The average molecular weight is 358 g/mol. The number of nitrogens with zero attached hydrogens (tertiary/aromatic N) is 1. The fourth-order valence-corrected chi connectivity index (χ4v) is 2.72. The Morgan fingerprint density at radius 3 is 2.79 bits per heavy atom. The molecule has 0 fully saturated rings. The lowest BCUT2D eigenvalue weighted by atomic mass is 10.1. The molecule has 0 saturated heterocycles. The summed E-state index contributed by atoms with van der Waals surface area (Å²) in [6.07, 6.45) is 4.80. The molecule has 0 aliphatic rings. The van der Waals surface area contributed by atoms with Crippen molar-refractivity contribution in [2.24, 2.45) is 0 Å². The smallest absolute Gasteiger partial charge is 0.331 e. The van der Waals surface area contributed by atoms with Gasteiger partial charge in [0, 0.05) is 38.8 Å². The Morgan fingerprint density at radius 2 is 1.96 bits per heavy atom. The number of hydrogen-bond donors (Lipinski definition) is 0. The molecule has 0 saturated carbocycles. The van der Waals surface area contributed by atoms with Gasteiger partial charge in [-0.1, -0.05) is 53.5 Å². The van der Waals surface area contributed by atoms with E-state index < -0.39 is 5.97 Å². The Bertz CT molecular complexity index is 917. The van der Waals surface area contributed by atoms with Crippen molar-refractivity contribution >= 4 is 46.2 Å². The SMILES string of the molecule is O=C(/C=C/c1cccc2cccnc12)OCc1ccc(Cl)cc1Cl. The van der Waals surface area contributed by atoms with Crippen molar-refractivity contribution < 1.29 is 9.53 Å². The van der Waals surface area contributed by atoms with Crippen LogP contribution in [0.1, 0.15) is 11.1 Å². The average Bonchev–Trinajstić information content (AvgIpc) is 2.59. The van der Waals surface area contributed by atoms with Gasteiger partial charge in [0.15, 0.2) is 0 Å². The monoisotopic (exact) mass is 357 g/mol. The molecule has 0 aliphatic carbocycles. The summed E-state index contributed by atoms with van der Waals surface area (Å²) < 4.78 is 5.21. The van der Waals surface area contributed by atoms with Gasteiger partial charge in [-0.25, -0.2) is 4.79 Å². The maximum absolute atomic E-state index is 11.9. The molecule has 2 aromatic carbocycles. The lowest BCUT2D eigenvalue weighted by Gasteiger charge is -2.05. The molecule has 3 aromatic rings. The number of hydrogen-bond acceptors (Lipinski definition) is 3. The fourth-order valence-electron chi connectivity index (χ4n) is 2.26. The summed E-state index contributed by atoms with van der Waals surface area (Å²) in [7, 11) is 0. The first-order valence-corrected chi connectivity index (χ1v) is 8.01. The molecule has 0 N–H and O–H groups in total. The molecule has 0 amide bonds. The Balaban J connectivity index is 1.69. The second kappa shape index (κ2) is 7.47. The van der Waals surface area contributed by atoms with Gasteiger partial charge >= 0.3 is 5.97 Å². The normalized spacial score (nSPS) is 11.1. The van der Waals surface area contributed by atoms with Crippen LogP contribution < -0.4 is 0 Å². The predicted octanol–water partition coefficient (Wildman–Crippen LogP) is 5.30. The summed E-state index contributed by atoms with van der Waals surface area (Å²) in [5, 5.41) is 2.02. The molecule has 24 heavy (non-hydrogen) atoms. The van der Waals surface area contributed by atoms with Crippen LogP contribution in [-0.2, 0) is 16.1 Å². The van der Waals surface area contributed by atoms with E-state index >= 15 is 0 Å². The molecule has 3 rings (SSSR count). The molecular weight excluding hydrogens is 345 g/mol. The van der Waals surface area contributed by atoms with Gasteiger partial charge in [-0.05, 0) is 24.3 Å². The number of fused-ring (bicyclic) bond motifs is 1. The zero-order valence-electron chi connectivity index (χ0n) is 12.6. The number of carbonyl (C=O) groups is 1. The standard InChI is InChI=1S/C19H13Cl2NO2/c20-16-8-6-15(17(21)11-16)12-24-18(23)9-7-14-4-1-3-13-5-2-10-22-19(13)14/h1-11H,12H2/b9-7+. The molecule has 0 spiro atoms. The number of para-hydroxylation sites is 1. The number of rotatable bonds is 4. The number of halogens is 2. The largest absolute Gasteiger partial charge is 0.458 e. The number of pyridine rings is 1. The van der Waals surface area contributed by atoms with Crippen LogP contribution in [0.25, 0.3) is 17.0 Å². The lowest BCUT2D eigenvalue weighted by molar-refractivity contribution is -0.138. The van der Waals surface area contributed by atoms with Crippen molar-refractivity contribution in [3.63, 3.8) is 0 Å². The van der Waals surface area contributed by atoms with Gasteiger partial charge in [-0.2, -0.15) is 0 Å². The second-order valence-electron chi connectivity index (χ2n) is 5.10. The van der Waals surface area contributed by atoms with Crippen molar-refractivity contribution in [2.45, 2.75) is 6.61 Å². The predicted molar refractivity (Wildman–Crippen MR) is 97.0 cm³/mol. The minimum atomic E-state index is -0.450. The van der Waals surface area contributed by atoms with Gasteiger partial charge in [0.25, 0.3) is 0 Å². The van der Waals surface area contributed by atoms with E-state index in [2.05, 4.69) is 4.98 Å². The molecule has 0 atom stereocenters. The zero-order chi connectivity index (χ0) is 16.9. The Hall–Kier alpha value is -2.36. The van der Waals surface area contributed by atoms with E-state index in [4.69, 9.17) is 27.9 Å². The van der Waals surface area contributed by atoms with E-state index in [-0.39, 0.29) is 6.61 Å². The highest BCUT2D eigenvalue weighted by atomic mass is 35.5. The number of carbonyl (C=O) groups excluding carboxylic acids is 1. The summed E-state index contributed by atoms with van der Waals surface area (Å²) in [5.41, 5.74) is 2.40. The van der Waals surface area contributed by atoms with Gasteiger partial charge in [-0.15, -0.1) is 0 Å². The molecule has 1 aromatic heterocycles. The van der Waals surface area contributed by atoms with Crippen LogP contribution >= 0.6 is 23.2 Å². The Kier molecular flexibility index (Phi) is 5.14. The molecule has 0 bridgehead atoms. The quantitative estimate of drug-likeness (QED) is 0.469. The molecule has 0 radical (unpaired) electrons. The van der Waals surface area contributed by atoms with Gasteiger partial charge in [0.1, 0.15) is 6.61 Å². The van der Waals surface area contributed by atoms with Gasteiger partial charge in [0.2, 0.25) is 0 Å². The van der Waals surface area contributed by atoms with Crippen LogP contribution in [0, 0.1) is 0 Å². The third kappa shape index (κ3) is 3.94. The van der Waals surface area contributed by atoms with Gasteiger partial charge in [-0.3, -0.25) is 4.98 Å². The van der Waals surface area contributed by atoms with Crippen molar-refractivity contribution in [1.29, 1.82) is 0 Å². The van der Waals surface area contributed by atoms with Crippen LogP contribution in [0.2, 0.25) is 10.0 Å². The molecule has 3 nitrogen and oxygen atoms in total. The van der Waals surface area contributed by atoms with Crippen LogP contribution in [0.15, 0.2) is 60.8 Å². The first-order chi connectivity index (χ1) is 11.6. The zero-order valence-corrected chi connectivity index (χ0v) is 14.1. The molecule has 0 aliphatic heterocycles. The van der Waals surface area contributed by atoms with Gasteiger partial charge in [0.05, 0.1) is 5.52 Å². The number of ether oxygens (including phenoxy) is 1. The molecule has 120 valence electrons. The number of benzene rings is 2. The van der Waals surface area contributed by atoms with Crippen molar-refractivity contribution in [2.75, 3.05) is 0 Å². The van der Waals surface area contributed by atoms with E-state index in [9.17, 15) is 4.79 Å². The van der Waals surface area contributed by atoms with Crippen LogP contribution in [0.4, 0.5) is 0 Å². The minimum absolute atomic E-state index is 0.0902. The molecule has 5 heteroatoms. The first-order valence-electron chi connectivity index (χ1n) is 7.26. The van der Waals surface area contributed by atoms with Gasteiger partial charge < -0.3 is 4.74 Å². The Labute approximate surface area is 149 Å². The summed E-state index contributed by atoms with van der Waals surface area (Å²) in [5.74, 6) is -0.450. The van der Waals surface area contributed by atoms with E-state index in [1.54, 1.807) is 30.5 Å². The van der Waals surface area contributed by atoms with Crippen LogP contribution in [-0.4, -0.2) is 11.0 Å². The molecular formula is C19H13Cl2NO2. The highest BCUT2D eigenvalue weighted by Crippen LogP contribution is 2.22. The van der Waals surface area contributed by atoms with E-state index in [1.165, 1.54) is 6.08 Å². The summed E-state index contributed by atoms with van der Waals surface area (Å²) in [6.45, 7) is 0.0902. The second-order valence-corrected chi connectivity index (χ2v) is 5.94. The van der Waals surface area contributed by atoms with Crippen molar-refractivity contribution in [3.05, 3.63) is 82.0 Å². The molecule has 1 heterocycles. The third-order valence-electron chi connectivity index (χ3n) is 3.45. The number of esters is 1. The minimum Gasteiger partial charge on any atom is -0.458 e. The summed E-state index contributed by atoms with van der Waals surface area (Å²) in [4.78, 5) is 16.2.